The summed E-state index contributed by atoms with van der Waals surface area (Å²) in [6, 6.07) is 7.44. The van der Waals surface area contributed by atoms with E-state index in [1.165, 1.54) is 12.4 Å². The van der Waals surface area contributed by atoms with Gasteiger partial charge in [-0.3, -0.25) is 9.20 Å². The van der Waals surface area contributed by atoms with Crippen molar-refractivity contribution in [3.8, 4) is 11.3 Å². The van der Waals surface area contributed by atoms with Crippen LogP contribution >= 0.6 is 11.3 Å². The van der Waals surface area contributed by atoms with Gasteiger partial charge in [0, 0.05) is 41.4 Å². The summed E-state index contributed by atoms with van der Waals surface area (Å²) < 4.78 is 1.98. The molecule has 4 rings (SSSR count). The Hall–Kier alpha value is -3.26. The number of nitrogens with one attached hydrogen (secondary N) is 1. The van der Waals surface area contributed by atoms with Crippen LogP contribution in [0.15, 0.2) is 54.4 Å². The molecule has 118 valence electrons. The van der Waals surface area contributed by atoms with Crippen molar-refractivity contribution in [2.75, 3.05) is 11.1 Å². The van der Waals surface area contributed by atoms with Crippen LogP contribution in [-0.4, -0.2) is 25.3 Å². The topological polar surface area (TPSA) is 98.2 Å². The molecule has 0 saturated heterocycles. The zero-order valence-corrected chi connectivity index (χ0v) is 13.2. The van der Waals surface area contributed by atoms with E-state index in [0.717, 1.165) is 16.2 Å². The Kier molecular flexibility index (Phi) is 3.43. The highest BCUT2D eigenvalue weighted by atomic mass is 32.1. The molecule has 3 heterocycles. The van der Waals surface area contributed by atoms with Gasteiger partial charge in [-0.1, -0.05) is 12.1 Å². The fourth-order valence-electron chi connectivity index (χ4n) is 2.30. The highest BCUT2D eigenvalue weighted by molar-refractivity contribution is 7.15. The molecule has 0 spiro atoms. The average molecular weight is 336 g/mol. The van der Waals surface area contributed by atoms with Crippen LogP contribution < -0.4 is 11.1 Å². The first-order chi connectivity index (χ1) is 11.7. The number of imidazole rings is 1. The number of hydrogen-bond donors (Lipinski definition) is 2. The minimum Gasteiger partial charge on any atom is -0.382 e. The number of nitrogens with zero attached hydrogens (tertiary/aromatic N) is 4. The molecule has 24 heavy (non-hydrogen) atoms. The third kappa shape index (κ3) is 2.59. The molecule has 0 unspecified atom stereocenters. The van der Waals surface area contributed by atoms with Crippen molar-refractivity contribution < 1.29 is 4.79 Å². The Morgan fingerprint density at radius 1 is 1.17 bits per heavy atom. The summed E-state index contributed by atoms with van der Waals surface area (Å²) >= 11 is 1.58. The Labute approximate surface area is 140 Å². The average Bonchev–Trinajstić information content (AvgIpc) is 3.17. The number of nitrogen functional groups attached to an aromatic ring is 1. The van der Waals surface area contributed by atoms with Crippen molar-refractivity contribution in [3.63, 3.8) is 0 Å². The molecule has 1 amide bonds. The maximum atomic E-state index is 12.2. The summed E-state index contributed by atoms with van der Waals surface area (Å²) in [5.74, 6) is -0.291. The van der Waals surface area contributed by atoms with Gasteiger partial charge in [-0.2, -0.15) is 0 Å². The first-order valence-electron chi connectivity index (χ1n) is 7.11. The normalized spacial score (nSPS) is 10.8. The van der Waals surface area contributed by atoms with Crippen LogP contribution in [0, 0.1) is 0 Å². The van der Waals surface area contributed by atoms with Gasteiger partial charge in [0.1, 0.15) is 0 Å². The zero-order chi connectivity index (χ0) is 16.5. The second-order valence-corrected chi connectivity index (χ2v) is 5.91. The lowest BCUT2D eigenvalue weighted by atomic mass is 10.1. The van der Waals surface area contributed by atoms with Gasteiger partial charge in [-0.15, -0.1) is 11.3 Å². The largest absolute Gasteiger partial charge is 0.382 e. The number of hydrogen-bond acceptors (Lipinski definition) is 6. The van der Waals surface area contributed by atoms with Gasteiger partial charge < -0.3 is 11.1 Å². The lowest BCUT2D eigenvalue weighted by Gasteiger charge is -2.06. The number of carbonyl (C=O) groups is 1. The lowest BCUT2D eigenvalue weighted by molar-refractivity contribution is 0.102. The van der Waals surface area contributed by atoms with Gasteiger partial charge in [0.25, 0.3) is 5.91 Å². The van der Waals surface area contributed by atoms with Crippen LogP contribution in [0.4, 0.5) is 11.5 Å². The molecule has 0 radical (unpaired) electrons. The van der Waals surface area contributed by atoms with E-state index in [2.05, 4.69) is 20.3 Å². The summed E-state index contributed by atoms with van der Waals surface area (Å²) in [7, 11) is 0. The number of carbonyl (C=O) groups excluding carboxylic acids is 1. The van der Waals surface area contributed by atoms with E-state index in [4.69, 9.17) is 5.73 Å². The summed E-state index contributed by atoms with van der Waals surface area (Å²) in [6.45, 7) is 0. The SMILES string of the molecule is Nc1nccnc1C(=O)Nc1ccc(-c2cn3ccsc3n2)cc1. The van der Waals surface area contributed by atoms with Crippen molar-refractivity contribution in [2.24, 2.45) is 0 Å². The molecule has 3 N–H and O–H groups in total. The third-order valence-electron chi connectivity index (χ3n) is 3.47. The predicted molar refractivity (Wildman–Crippen MR) is 92.9 cm³/mol. The molecule has 0 saturated carbocycles. The van der Waals surface area contributed by atoms with Gasteiger partial charge >= 0.3 is 0 Å². The molecular weight excluding hydrogens is 324 g/mol. The molecule has 1 aromatic carbocycles. The van der Waals surface area contributed by atoms with Gasteiger partial charge in [-0.05, 0) is 12.1 Å². The quantitative estimate of drug-likeness (QED) is 0.599. The molecule has 0 fully saturated rings. The van der Waals surface area contributed by atoms with E-state index in [0.29, 0.717) is 5.69 Å². The second-order valence-electron chi connectivity index (χ2n) is 5.04. The highest BCUT2D eigenvalue weighted by Gasteiger charge is 2.12. The van der Waals surface area contributed by atoms with Crippen LogP contribution in [0.2, 0.25) is 0 Å². The van der Waals surface area contributed by atoms with Crippen LogP contribution in [0.1, 0.15) is 10.5 Å². The van der Waals surface area contributed by atoms with E-state index >= 15 is 0 Å². The third-order valence-corrected chi connectivity index (χ3v) is 4.24. The Morgan fingerprint density at radius 3 is 2.71 bits per heavy atom. The van der Waals surface area contributed by atoms with Gasteiger partial charge in [0.05, 0.1) is 5.69 Å². The van der Waals surface area contributed by atoms with Crippen molar-refractivity contribution in [1.29, 1.82) is 0 Å². The maximum absolute atomic E-state index is 12.2. The van der Waals surface area contributed by atoms with Crippen LogP contribution in [0.5, 0.6) is 0 Å². The molecule has 7 nitrogen and oxygen atoms in total. The molecule has 0 aliphatic heterocycles. The van der Waals surface area contributed by atoms with E-state index < -0.39 is 5.91 Å². The number of thiazole rings is 1. The molecule has 4 aromatic rings. The van der Waals surface area contributed by atoms with Crippen molar-refractivity contribution in [1.82, 2.24) is 19.4 Å². The summed E-state index contributed by atoms with van der Waals surface area (Å²) in [5, 5.41) is 4.74. The molecule has 0 bridgehead atoms. The van der Waals surface area contributed by atoms with Gasteiger partial charge in [0.15, 0.2) is 16.5 Å². The van der Waals surface area contributed by atoms with Crippen molar-refractivity contribution >= 4 is 33.7 Å². The zero-order valence-electron chi connectivity index (χ0n) is 12.4. The van der Waals surface area contributed by atoms with Crippen molar-refractivity contribution in [3.05, 3.63) is 60.1 Å². The smallest absolute Gasteiger partial charge is 0.278 e. The summed E-state index contributed by atoms with van der Waals surface area (Å²) in [6.07, 6.45) is 6.81. The van der Waals surface area contributed by atoms with Crippen molar-refractivity contribution in [2.45, 2.75) is 0 Å². The minimum atomic E-state index is -0.393. The number of anilines is 2. The van der Waals surface area contributed by atoms with Crippen LogP contribution in [-0.2, 0) is 0 Å². The molecule has 3 aromatic heterocycles. The van der Waals surface area contributed by atoms with E-state index in [9.17, 15) is 4.79 Å². The number of rotatable bonds is 3. The maximum Gasteiger partial charge on any atom is 0.278 e. The van der Waals surface area contributed by atoms with Gasteiger partial charge in [-0.25, -0.2) is 15.0 Å². The summed E-state index contributed by atoms with van der Waals surface area (Å²) in [4.78, 5) is 25.5. The fourth-order valence-corrected chi connectivity index (χ4v) is 3.00. The lowest BCUT2D eigenvalue weighted by Crippen LogP contribution is -2.16. The number of fused-ring (bicyclic) bond motifs is 1. The molecule has 0 aliphatic rings. The number of nitrogens with two attached hydrogens (primary N) is 1. The molecule has 0 atom stereocenters. The molecular formula is C16H12N6OS. The standard InChI is InChI=1S/C16H12N6OS/c17-14-13(18-5-6-19-14)15(23)20-11-3-1-10(2-4-11)12-9-22-7-8-24-16(22)21-12/h1-9H,(H2,17,19)(H,20,23). The van der Waals surface area contributed by atoms with E-state index in [1.54, 1.807) is 11.3 Å². The van der Waals surface area contributed by atoms with E-state index in [1.807, 2.05) is 46.4 Å². The van der Waals surface area contributed by atoms with Crippen LogP contribution in [0.25, 0.3) is 16.2 Å². The second kappa shape index (κ2) is 5.74. The molecule has 8 heteroatoms. The van der Waals surface area contributed by atoms with E-state index in [-0.39, 0.29) is 11.5 Å². The number of benzene rings is 1. The summed E-state index contributed by atoms with van der Waals surface area (Å²) in [5.41, 5.74) is 8.28. The van der Waals surface area contributed by atoms with Crippen LogP contribution in [0.3, 0.4) is 0 Å². The monoisotopic (exact) mass is 336 g/mol. The number of amides is 1. The Morgan fingerprint density at radius 2 is 1.96 bits per heavy atom. The molecule has 0 aliphatic carbocycles. The fraction of sp³-hybridized carbons (Fsp3) is 0. The van der Waals surface area contributed by atoms with Gasteiger partial charge in [0.2, 0.25) is 0 Å². The Balaban J connectivity index is 1.54. The Bertz CT molecular complexity index is 992. The highest BCUT2D eigenvalue weighted by Crippen LogP contribution is 2.23. The first-order valence-corrected chi connectivity index (χ1v) is 7.99. The number of aromatic nitrogens is 4. The first kappa shape index (κ1) is 14.3. The minimum absolute atomic E-state index is 0.102. The predicted octanol–water partition coefficient (Wildman–Crippen LogP) is 2.69.